The van der Waals surface area contributed by atoms with Gasteiger partial charge in [-0.05, 0) is 84.5 Å². The molecule has 248 valence electrons. The second-order valence-corrected chi connectivity index (χ2v) is 16.9. The molecule has 0 spiro atoms. The number of ether oxygens (including phenoxy) is 1. The molecule has 1 heterocycles. The topological polar surface area (TPSA) is 81.7 Å². The molecule has 2 rings (SSSR count). The van der Waals surface area contributed by atoms with Gasteiger partial charge < -0.3 is 28.2 Å². The van der Waals surface area contributed by atoms with Gasteiger partial charge in [-0.3, -0.25) is 9.63 Å². The summed E-state index contributed by atoms with van der Waals surface area (Å²) in [5.74, 6) is 0.358. The first-order chi connectivity index (χ1) is 20.2. The Morgan fingerprint density at radius 2 is 1.51 bits per heavy atom. The van der Waals surface area contributed by atoms with Crippen molar-refractivity contribution in [1.82, 2.24) is 15.3 Å². The molecule has 0 radical (unpaired) electrons. The minimum atomic E-state index is -2.46. The molecule has 1 atom stereocenters. The maximum atomic E-state index is 12.5. The summed E-state index contributed by atoms with van der Waals surface area (Å²) < 4.78 is 22.5. The molecule has 43 heavy (non-hydrogen) atoms. The SMILES string of the molecule is CO[Si](CCCCCCOCc1ccc(C(ON2C(C)(C)CC(NC(=O)CN(C)C)CC2(C)C)C(C)C)cc1)(OC)OC. The monoisotopic (exact) mass is 623 g/mol. The van der Waals surface area contributed by atoms with Crippen molar-refractivity contribution in [3.63, 3.8) is 0 Å². The van der Waals surface area contributed by atoms with Crippen LogP contribution >= 0.6 is 0 Å². The number of benzene rings is 1. The van der Waals surface area contributed by atoms with Crippen molar-refractivity contribution in [3.8, 4) is 0 Å². The van der Waals surface area contributed by atoms with E-state index >= 15 is 0 Å². The first kappa shape index (κ1) is 37.8. The number of piperidine rings is 1. The molecule has 1 fully saturated rings. The van der Waals surface area contributed by atoms with Crippen molar-refractivity contribution in [1.29, 1.82) is 0 Å². The largest absolute Gasteiger partial charge is 0.500 e. The van der Waals surface area contributed by atoms with E-state index in [1.54, 1.807) is 21.3 Å². The molecule has 1 aromatic carbocycles. The van der Waals surface area contributed by atoms with E-state index in [-0.39, 0.29) is 35.0 Å². The Morgan fingerprint density at radius 3 is 2.02 bits per heavy atom. The number of hydrogen-bond donors (Lipinski definition) is 1. The Labute approximate surface area is 263 Å². The zero-order valence-corrected chi connectivity index (χ0v) is 30.0. The van der Waals surface area contributed by atoms with Gasteiger partial charge in [-0.2, -0.15) is 5.06 Å². The van der Waals surface area contributed by atoms with Crippen LogP contribution in [0, 0.1) is 5.92 Å². The summed E-state index contributed by atoms with van der Waals surface area (Å²) in [6.45, 7) is 15.0. The van der Waals surface area contributed by atoms with Crippen LogP contribution in [0.4, 0.5) is 0 Å². The summed E-state index contributed by atoms with van der Waals surface area (Å²) in [7, 11) is 6.37. The fraction of sp³-hybridized carbons (Fsp3) is 0.788. The smallest absolute Gasteiger partial charge is 0.377 e. The molecular formula is C33H61N3O6Si. The van der Waals surface area contributed by atoms with Gasteiger partial charge in [-0.15, -0.1) is 0 Å². The van der Waals surface area contributed by atoms with E-state index in [1.165, 1.54) is 0 Å². The molecule has 0 aliphatic carbocycles. The second-order valence-electron chi connectivity index (χ2n) is 13.9. The molecule has 1 N–H and O–H groups in total. The number of carbonyl (C=O) groups is 1. The predicted octanol–water partition coefficient (Wildman–Crippen LogP) is 5.97. The molecule has 1 aromatic rings. The highest BCUT2D eigenvalue weighted by molar-refractivity contribution is 6.60. The van der Waals surface area contributed by atoms with E-state index in [1.807, 2.05) is 19.0 Å². The van der Waals surface area contributed by atoms with Crippen molar-refractivity contribution in [2.45, 2.75) is 116 Å². The van der Waals surface area contributed by atoms with Crippen LogP contribution in [0.5, 0.6) is 0 Å². The lowest BCUT2D eigenvalue weighted by Crippen LogP contribution is -2.64. The molecule has 0 saturated carbocycles. The zero-order valence-electron chi connectivity index (χ0n) is 29.0. The summed E-state index contributed by atoms with van der Waals surface area (Å²) >= 11 is 0. The third-order valence-corrected chi connectivity index (χ3v) is 11.1. The highest BCUT2D eigenvalue weighted by Crippen LogP contribution is 2.42. The average Bonchev–Trinajstić information content (AvgIpc) is 2.91. The lowest BCUT2D eigenvalue weighted by Gasteiger charge is -2.55. The first-order valence-electron chi connectivity index (χ1n) is 15.9. The summed E-state index contributed by atoms with van der Waals surface area (Å²) in [5, 5.41) is 5.45. The van der Waals surface area contributed by atoms with Gasteiger partial charge in [0, 0.05) is 51.1 Å². The number of amides is 1. The highest BCUT2D eigenvalue weighted by Gasteiger charge is 2.48. The molecule has 1 saturated heterocycles. The van der Waals surface area contributed by atoms with Crippen molar-refractivity contribution < 1.29 is 27.6 Å². The number of hydroxylamine groups is 2. The summed E-state index contributed by atoms with van der Waals surface area (Å²) in [5.41, 5.74) is 1.83. The summed E-state index contributed by atoms with van der Waals surface area (Å²) in [4.78, 5) is 21.3. The Balaban J connectivity index is 1.88. The standard InChI is InChI=1S/C33H61N3O6Si/c1-26(2)31(42-36-32(3,4)22-29(23-33(36,5)6)34-30(37)24-35(7)8)28-18-16-27(17-19-28)25-41-20-14-12-13-15-21-43(38-9,39-10)40-11/h16-19,26,29,31H,12-15,20-25H2,1-11H3,(H,34,37). The summed E-state index contributed by atoms with van der Waals surface area (Å²) in [6.07, 6.45) is 5.85. The quantitative estimate of drug-likeness (QED) is 0.149. The molecule has 1 unspecified atom stereocenters. The lowest BCUT2D eigenvalue weighted by molar-refractivity contribution is -0.316. The van der Waals surface area contributed by atoms with Gasteiger partial charge in [0.05, 0.1) is 13.2 Å². The maximum absolute atomic E-state index is 12.5. The van der Waals surface area contributed by atoms with Gasteiger partial charge in [0.1, 0.15) is 6.10 Å². The molecular weight excluding hydrogens is 562 g/mol. The molecule has 1 aliphatic rings. The molecule has 1 aliphatic heterocycles. The van der Waals surface area contributed by atoms with Gasteiger partial charge in [-0.25, -0.2) is 0 Å². The van der Waals surface area contributed by atoms with Gasteiger partial charge >= 0.3 is 8.80 Å². The van der Waals surface area contributed by atoms with Crippen LogP contribution in [-0.2, 0) is 34.3 Å². The van der Waals surface area contributed by atoms with Crippen LogP contribution < -0.4 is 5.32 Å². The van der Waals surface area contributed by atoms with Crippen LogP contribution in [0.25, 0.3) is 0 Å². The Kier molecular flexibility index (Phi) is 15.3. The minimum Gasteiger partial charge on any atom is -0.377 e. The van der Waals surface area contributed by atoms with Crippen molar-refractivity contribution in [2.24, 2.45) is 5.92 Å². The molecule has 1 amide bonds. The third-order valence-electron chi connectivity index (χ3n) is 8.27. The van der Waals surface area contributed by atoms with Crippen LogP contribution in [0.1, 0.15) is 97.3 Å². The van der Waals surface area contributed by atoms with Crippen molar-refractivity contribution in [3.05, 3.63) is 35.4 Å². The predicted molar refractivity (Wildman–Crippen MR) is 175 cm³/mol. The molecule has 9 nitrogen and oxygen atoms in total. The minimum absolute atomic E-state index is 0.0699. The number of unbranched alkanes of at least 4 members (excludes halogenated alkanes) is 3. The van der Waals surface area contributed by atoms with Gasteiger partial charge in [0.15, 0.2) is 0 Å². The van der Waals surface area contributed by atoms with Crippen molar-refractivity contribution in [2.75, 3.05) is 48.6 Å². The van der Waals surface area contributed by atoms with Crippen LogP contribution in [0.2, 0.25) is 6.04 Å². The van der Waals surface area contributed by atoms with E-state index in [0.29, 0.717) is 13.2 Å². The zero-order chi connectivity index (χ0) is 32.3. The Morgan fingerprint density at radius 1 is 0.953 bits per heavy atom. The molecule has 10 heteroatoms. The van der Waals surface area contributed by atoms with Gasteiger partial charge in [0.25, 0.3) is 0 Å². The van der Waals surface area contributed by atoms with Crippen LogP contribution in [0.15, 0.2) is 24.3 Å². The van der Waals surface area contributed by atoms with E-state index in [0.717, 1.165) is 62.3 Å². The molecule has 0 bridgehead atoms. The number of carbonyl (C=O) groups excluding carboxylic acids is 1. The van der Waals surface area contributed by atoms with Gasteiger partial charge in [-0.1, -0.05) is 51.0 Å². The third kappa shape index (κ3) is 11.8. The lowest BCUT2D eigenvalue weighted by atomic mass is 9.79. The number of rotatable bonds is 19. The normalized spacial score (nSPS) is 18.3. The van der Waals surface area contributed by atoms with Crippen molar-refractivity contribution >= 4 is 14.7 Å². The molecule has 0 aromatic heterocycles. The van der Waals surface area contributed by atoms with E-state index < -0.39 is 8.80 Å². The number of nitrogens with one attached hydrogen (secondary N) is 1. The van der Waals surface area contributed by atoms with E-state index in [2.05, 4.69) is 76.2 Å². The van der Waals surface area contributed by atoms with Crippen LogP contribution in [-0.4, -0.2) is 90.4 Å². The van der Waals surface area contributed by atoms with E-state index in [4.69, 9.17) is 22.9 Å². The second kappa shape index (κ2) is 17.4. The van der Waals surface area contributed by atoms with E-state index in [9.17, 15) is 4.79 Å². The maximum Gasteiger partial charge on any atom is 0.500 e. The number of nitrogens with zero attached hydrogens (tertiary/aromatic N) is 2. The number of likely N-dealkylation sites (N-methyl/N-ethyl adjacent to an activating group) is 1. The summed E-state index contributed by atoms with van der Waals surface area (Å²) in [6, 6.07) is 9.61. The fourth-order valence-electron chi connectivity index (χ4n) is 6.34. The average molecular weight is 624 g/mol. The highest BCUT2D eigenvalue weighted by atomic mass is 28.4. The Hall–Kier alpha value is -1.37. The number of hydrogen-bond acceptors (Lipinski definition) is 8. The van der Waals surface area contributed by atoms with Gasteiger partial charge in [0.2, 0.25) is 5.91 Å². The fourth-order valence-corrected chi connectivity index (χ4v) is 8.14. The first-order valence-corrected chi connectivity index (χ1v) is 17.8. The van der Waals surface area contributed by atoms with Crippen LogP contribution in [0.3, 0.4) is 0 Å². The Bertz CT molecular complexity index is 926.